The molecule has 178 valence electrons. The lowest BCUT2D eigenvalue weighted by Gasteiger charge is -2.15. The van der Waals surface area contributed by atoms with Crippen molar-refractivity contribution >= 4 is 22.8 Å². The predicted octanol–water partition coefficient (Wildman–Crippen LogP) is 4.03. The molecule has 2 aromatic heterocycles. The number of aromatic nitrogens is 3. The molecule has 0 radical (unpaired) electrons. The van der Waals surface area contributed by atoms with Gasteiger partial charge in [-0.3, -0.25) is 9.59 Å². The number of carbonyl (C=O) groups excluding carboxylic acids is 2. The lowest BCUT2D eigenvalue weighted by Crippen LogP contribution is -2.30. The Morgan fingerprint density at radius 2 is 1.94 bits per heavy atom. The van der Waals surface area contributed by atoms with Crippen molar-refractivity contribution in [1.82, 2.24) is 25.0 Å². The maximum absolute atomic E-state index is 13.7. The molecule has 35 heavy (non-hydrogen) atoms. The zero-order valence-corrected chi connectivity index (χ0v) is 19.3. The second-order valence-corrected chi connectivity index (χ2v) is 8.68. The molecule has 0 bridgehead atoms. The van der Waals surface area contributed by atoms with E-state index in [1.165, 1.54) is 12.1 Å². The monoisotopic (exact) mass is 471 g/mol. The van der Waals surface area contributed by atoms with Gasteiger partial charge < -0.3 is 10.2 Å². The fraction of sp³-hybridized carbons (Fsp3) is 0.259. The molecule has 1 fully saturated rings. The average molecular weight is 472 g/mol. The molecule has 2 aromatic carbocycles. The van der Waals surface area contributed by atoms with Gasteiger partial charge in [-0.2, -0.15) is 5.10 Å². The number of hydrogen-bond donors (Lipinski definition) is 1. The Morgan fingerprint density at radius 3 is 2.71 bits per heavy atom. The smallest absolute Gasteiger partial charge is 0.252 e. The molecular formula is C27H26FN5O2. The number of rotatable bonds is 8. The number of likely N-dealkylation sites (tertiary alicyclic amines) is 1. The summed E-state index contributed by atoms with van der Waals surface area (Å²) >= 11 is 0. The first-order valence-corrected chi connectivity index (χ1v) is 11.8. The zero-order chi connectivity index (χ0) is 24.2. The van der Waals surface area contributed by atoms with E-state index in [0.29, 0.717) is 54.8 Å². The van der Waals surface area contributed by atoms with Gasteiger partial charge in [0.05, 0.1) is 29.4 Å². The number of halogens is 1. The first kappa shape index (κ1) is 22.7. The van der Waals surface area contributed by atoms with Crippen LogP contribution < -0.4 is 5.32 Å². The van der Waals surface area contributed by atoms with Crippen LogP contribution >= 0.6 is 0 Å². The Bertz CT molecular complexity index is 1370. The lowest BCUT2D eigenvalue weighted by atomic mass is 10.1. The minimum Gasteiger partial charge on any atom is -0.352 e. The molecule has 5 rings (SSSR count). The number of hydrogen-bond acceptors (Lipinski definition) is 4. The number of benzene rings is 2. The van der Waals surface area contributed by atoms with Gasteiger partial charge in [0, 0.05) is 31.6 Å². The van der Waals surface area contributed by atoms with E-state index >= 15 is 0 Å². The highest BCUT2D eigenvalue weighted by atomic mass is 19.1. The highest BCUT2D eigenvalue weighted by molar-refractivity contribution is 6.06. The molecule has 1 saturated heterocycles. The van der Waals surface area contributed by atoms with E-state index in [1.54, 1.807) is 23.0 Å². The number of nitrogens with zero attached hydrogens (tertiary/aromatic N) is 4. The van der Waals surface area contributed by atoms with Gasteiger partial charge in [-0.25, -0.2) is 14.1 Å². The number of fused-ring (bicyclic) bond motifs is 1. The highest BCUT2D eigenvalue weighted by Gasteiger charge is 2.20. The summed E-state index contributed by atoms with van der Waals surface area (Å²) in [5.74, 6) is -0.342. The van der Waals surface area contributed by atoms with Gasteiger partial charge in [0.2, 0.25) is 5.91 Å². The highest BCUT2D eigenvalue weighted by Crippen LogP contribution is 2.25. The molecule has 1 aliphatic rings. The molecule has 1 aliphatic heterocycles. The van der Waals surface area contributed by atoms with Crippen molar-refractivity contribution in [3.8, 4) is 11.3 Å². The molecule has 2 amide bonds. The predicted molar refractivity (Wildman–Crippen MR) is 131 cm³/mol. The summed E-state index contributed by atoms with van der Waals surface area (Å²) in [7, 11) is 0. The van der Waals surface area contributed by atoms with E-state index in [-0.39, 0.29) is 17.6 Å². The first-order valence-electron chi connectivity index (χ1n) is 11.8. The van der Waals surface area contributed by atoms with Gasteiger partial charge in [-0.15, -0.1) is 0 Å². The van der Waals surface area contributed by atoms with Crippen LogP contribution in [-0.2, 0) is 11.3 Å². The Hall–Kier alpha value is -4.07. The molecule has 0 aliphatic carbocycles. The largest absolute Gasteiger partial charge is 0.352 e. The van der Waals surface area contributed by atoms with Crippen molar-refractivity contribution in [2.24, 2.45) is 0 Å². The third-order valence-electron chi connectivity index (χ3n) is 6.21. The molecule has 7 nitrogen and oxygen atoms in total. The van der Waals surface area contributed by atoms with E-state index < -0.39 is 0 Å². The van der Waals surface area contributed by atoms with Crippen LogP contribution in [0.2, 0.25) is 0 Å². The summed E-state index contributed by atoms with van der Waals surface area (Å²) in [6, 6.07) is 17.8. The standard InChI is InChI=1S/C27H26FN5O2/c28-21-10-4-7-19(15-21)18-33-26-23(17-30-33)22(16-24(31-26)20-8-2-1-3-9-20)27(35)29-12-6-14-32-13-5-11-25(32)34/h1-4,7-10,15-17H,5-6,11-14,18H2,(H,29,35). The van der Waals surface area contributed by atoms with Crippen molar-refractivity contribution in [3.63, 3.8) is 0 Å². The Labute approximate surface area is 202 Å². The van der Waals surface area contributed by atoms with Crippen LogP contribution in [0.15, 0.2) is 66.9 Å². The topological polar surface area (TPSA) is 80.1 Å². The second kappa shape index (κ2) is 10.0. The minimum absolute atomic E-state index is 0.186. The molecule has 3 heterocycles. The van der Waals surface area contributed by atoms with Crippen molar-refractivity contribution in [2.45, 2.75) is 25.8 Å². The maximum atomic E-state index is 13.7. The lowest BCUT2D eigenvalue weighted by molar-refractivity contribution is -0.127. The number of nitrogens with one attached hydrogen (secondary N) is 1. The fourth-order valence-corrected chi connectivity index (χ4v) is 4.42. The van der Waals surface area contributed by atoms with Gasteiger partial charge in [-0.1, -0.05) is 42.5 Å². The van der Waals surface area contributed by atoms with E-state index in [9.17, 15) is 14.0 Å². The SMILES string of the molecule is O=C(NCCCN1CCCC1=O)c1cc(-c2ccccc2)nc2c1cnn2Cc1cccc(F)c1. The van der Waals surface area contributed by atoms with Crippen LogP contribution in [-0.4, -0.2) is 51.1 Å². The van der Waals surface area contributed by atoms with E-state index in [1.807, 2.05) is 41.3 Å². The molecule has 0 unspecified atom stereocenters. The van der Waals surface area contributed by atoms with Crippen LogP contribution in [0.1, 0.15) is 35.2 Å². The van der Waals surface area contributed by atoms with Gasteiger partial charge in [0.1, 0.15) is 5.82 Å². The Morgan fingerprint density at radius 1 is 1.09 bits per heavy atom. The first-order chi connectivity index (χ1) is 17.1. The van der Waals surface area contributed by atoms with Crippen molar-refractivity contribution < 1.29 is 14.0 Å². The van der Waals surface area contributed by atoms with Gasteiger partial charge in [0.15, 0.2) is 5.65 Å². The van der Waals surface area contributed by atoms with Gasteiger partial charge in [-0.05, 0) is 36.6 Å². The van der Waals surface area contributed by atoms with Gasteiger partial charge >= 0.3 is 0 Å². The van der Waals surface area contributed by atoms with Crippen molar-refractivity contribution in [3.05, 3.63) is 83.8 Å². The van der Waals surface area contributed by atoms with E-state index in [4.69, 9.17) is 4.98 Å². The average Bonchev–Trinajstić information content (AvgIpc) is 3.47. The summed E-state index contributed by atoms with van der Waals surface area (Å²) < 4.78 is 15.4. The van der Waals surface area contributed by atoms with Crippen LogP contribution in [0.25, 0.3) is 22.3 Å². The maximum Gasteiger partial charge on any atom is 0.252 e. The molecule has 0 atom stereocenters. The summed E-state index contributed by atoms with van der Waals surface area (Å²) in [6.07, 6.45) is 3.84. The summed E-state index contributed by atoms with van der Waals surface area (Å²) in [6.45, 7) is 2.23. The second-order valence-electron chi connectivity index (χ2n) is 8.68. The van der Waals surface area contributed by atoms with Crippen LogP contribution in [0, 0.1) is 5.82 Å². The zero-order valence-electron chi connectivity index (χ0n) is 19.3. The molecule has 0 spiro atoms. The number of pyridine rings is 1. The molecule has 0 saturated carbocycles. The molecule has 1 N–H and O–H groups in total. The van der Waals surface area contributed by atoms with Crippen molar-refractivity contribution in [2.75, 3.05) is 19.6 Å². The number of carbonyl (C=O) groups is 2. The van der Waals surface area contributed by atoms with Crippen LogP contribution in [0.5, 0.6) is 0 Å². The van der Waals surface area contributed by atoms with Crippen molar-refractivity contribution in [1.29, 1.82) is 0 Å². The quantitative estimate of drug-likeness (QED) is 0.394. The Balaban J connectivity index is 1.42. The van der Waals surface area contributed by atoms with Gasteiger partial charge in [0.25, 0.3) is 5.91 Å². The molecule has 8 heteroatoms. The Kier molecular flexibility index (Phi) is 6.52. The van der Waals surface area contributed by atoms with Crippen LogP contribution in [0.4, 0.5) is 4.39 Å². The molecule has 4 aromatic rings. The van der Waals surface area contributed by atoms with Crippen LogP contribution in [0.3, 0.4) is 0 Å². The fourth-order valence-electron chi connectivity index (χ4n) is 4.42. The summed E-state index contributed by atoms with van der Waals surface area (Å²) in [5.41, 5.74) is 3.34. The summed E-state index contributed by atoms with van der Waals surface area (Å²) in [4.78, 5) is 31.7. The number of amides is 2. The van der Waals surface area contributed by atoms with E-state index in [2.05, 4.69) is 10.4 Å². The van der Waals surface area contributed by atoms with E-state index in [0.717, 1.165) is 24.1 Å². The third-order valence-corrected chi connectivity index (χ3v) is 6.21. The normalized spacial score (nSPS) is 13.5. The third kappa shape index (κ3) is 5.06. The summed E-state index contributed by atoms with van der Waals surface area (Å²) in [5, 5.41) is 8.08. The molecular weight excluding hydrogens is 445 g/mol. The minimum atomic E-state index is -0.312.